The average Bonchev–Trinajstić information content (AvgIpc) is 2.67. The molecule has 0 N–H and O–H groups in total. The van der Waals surface area contributed by atoms with E-state index < -0.39 is 9.84 Å². The van der Waals surface area contributed by atoms with Crippen LogP contribution in [0.2, 0.25) is 0 Å². The molecule has 0 spiro atoms. The number of sulfone groups is 1. The summed E-state index contributed by atoms with van der Waals surface area (Å²) in [5.74, 6) is 0.396. The maximum atomic E-state index is 12.5. The van der Waals surface area contributed by atoms with Gasteiger partial charge in [0.05, 0.1) is 11.5 Å². The molecule has 1 unspecified atom stereocenters. The van der Waals surface area contributed by atoms with E-state index in [1.165, 1.54) is 6.42 Å². The molecule has 0 radical (unpaired) electrons. The van der Waals surface area contributed by atoms with Crippen molar-refractivity contribution in [3.63, 3.8) is 0 Å². The van der Waals surface area contributed by atoms with Crippen molar-refractivity contribution in [2.24, 2.45) is 5.92 Å². The number of ketones is 1. The molecule has 2 fully saturated rings. The Morgan fingerprint density at radius 1 is 1.11 bits per heavy atom. The molecule has 1 aliphatic heterocycles. The van der Waals surface area contributed by atoms with E-state index in [1.54, 1.807) is 0 Å². The quantitative estimate of drug-likeness (QED) is 0.798. The Labute approximate surface area is 113 Å². The summed E-state index contributed by atoms with van der Waals surface area (Å²) in [5.41, 5.74) is 1.89. The lowest BCUT2D eigenvalue weighted by molar-refractivity contribution is 0.0931. The second-order valence-corrected chi connectivity index (χ2v) is 7.91. The molecule has 1 saturated heterocycles. The van der Waals surface area contributed by atoms with Gasteiger partial charge in [0.25, 0.3) is 0 Å². The molecule has 1 aromatic rings. The van der Waals surface area contributed by atoms with Gasteiger partial charge < -0.3 is 0 Å². The van der Waals surface area contributed by atoms with Crippen LogP contribution in [0.1, 0.15) is 47.5 Å². The molecule has 2 aliphatic rings. The van der Waals surface area contributed by atoms with E-state index in [0.29, 0.717) is 12.3 Å². The van der Waals surface area contributed by atoms with Crippen molar-refractivity contribution in [3.8, 4) is 0 Å². The highest BCUT2D eigenvalue weighted by Gasteiger charge is 2.35. The average molecular weight is 278 g/mol. The van der Waals surface area contributed by atoms with E-state index in [9.17, 15) is 13.2 Å². The fourth-order valence-electron chi connectivity index (χ4n) is 3.02. The van der Waals surface area contributed by atoms with Gasteiger partial charge in [-0.3, -0.25) is 4.79 Å². The molecule has 0 bridgehead atoms. The van der Waals surface area contributed by atoms with E-state index >= 15 is 0 Å². The Bertz CT molecular complexity index is 600. The smallest absolute Gasteiger partial charge is 0.167 e. The summed E-state index contributed by atoms with van der Waals surface area (Å²) in [6.45, 7) is 0. The monoisotopic (exact) mass is 278 g/mol. The van der Waals surface area contributed by atoms with Crippen molar-refractivity contribution in [2.45, 2.75) is 31.6 Å². The lowest BCUT2D eigenvalue weighted by Crippen LogP contribution is -2.20. The number of benzene rings is 1. The molecule has 19 heavy (non-hydrogen) atoms. The van der Waals surface area contributed by atoms with Crippen LogP contribution in [-0.2, 0) is 9.84 Å². The Balaban J connectivity index is 1.88. The first-order valence-corrected chi connectivity index (χ1v) is 8.72. The standard InChI is InChI=1S/C15H18O3S/c16-15(12-8-9-19(17,18)10-12)14-7-2-1-6-13(14)11-4-3-5-11/h1-2,6-7,11-12H,3-5,8-10H2. The fourth-order valence-corrected chi connectivity index (χ4v) is 4.76. The van der Waals surface area contributed by atoms with Crippen LogP contribution in [0.3, 0.4) is 0 Å². The second-order valence-electron chi connectivity index (χ2n) is 5.68. The van der Waals surface area contributed by atoms with E-state index in [4.69, 9.17) is 0 Å². The molecular weight excluding hydrogens is 260 g/mol. The number of carbonyl (C=O) groups is 1. The van der Waals surface area contributed by atoms with E-state index in [-0.39, 0.29) is 23.2 Å². The highest BCUT2D eigenvalue weighted by molar-refractivity contribution is 7.91. The summed E-state index contributed by atoms with van der Waals surface area (Å²) >= 11 is 0. The molecule has 4 heteroatoms. The molecule has 1 saturated carbocycles. The van der Waals surface area contributed by atoms with Gasteiger partial charge >= 0.3 is 0 Å². The first-order chi connectivity index (χ1) is 9.07. The number of hydrogen-bond acceptors (Lipinski definition) is 3. The number of carbonyl (C=O) groups excluding carboxylic acids is 1. The van der Waals surface area contributed by atoms with Crippen molar-refractivity contribution >= 4 is 15.6 Å². The molecule has 3 nitrogen and oxygen atoms in total. The van der Waals surface area contributed by atoms with Gasteiger partial charge in [-0.1, -0.05) is 30.7 Å². The van der Waals surface area contributed by atoms with Gasteiger partial charge in [-0.05, 0) is 30.7 Å². The van der Waals surface area contributed by atoms with Crippen molar-refractivity contribution in [1.82, 2.24) is 0 Å². The normalized spacial score (nSPS) is 26.0. The first-order valence-electron chi connectivity index (χ1n) is 6.90. The molecule has 1 atom stereocenters. The molecule has 0 aromatic heterocycles. The van der Waals surface area contributed by atoms with Crippen LogP contribution in [0.25, 0.3) is 0 Å². The summed E-state index contributed by atoms with van der Waals surface area (Å²) in [7, 11) is -2.99. The molecular formula is C15H18O3S. The third-order valence-electron chi connectivity index (χ3n) is 4.37. The highest BCUT2D eigenvalue weighted by atomic mass is 32.2. The molecule has 1 aliphatic carbocycles. The van der Waals surface area contributed by atoms with Crippen LogP contribution in [0.5, 0.6) is 0 Å². The summed E-state index contributed by atoms with van der Waals surface area (Å²) < 4.78 is 23.0. The zero-order valence-electron chi connectivity index (χ0n) is 10.8. The van der Waals surface area contributed by atoms with Gasteiger partial charge in [-0.25, -0.2) is 8.42 Å². The zero-order chi connectivity index (χ0) is 13.5. The predicted octanol–water partition coefficient (Wildman–Crippen LogP) is 2.57. The Kier molecular flexibility index (Phi) is 3.21. The summed E-state index contributed by atoms with van der Waals surface area (Å²) in [4.78, 5) is 12.5. The van der Waals surface area contributed by atoms with Gasteiger partial charge in [0.15, 0.2) is 15.6 Å². The van der Waals surface area contributed by atoms with E-state index in [1.807, 2.05) is 24.3 Å². The molecule has 1 heterocycles. The SMILES string of the molecule is O=C(c1ccccc1C1CCC1)C1CCS(=O)(=O)C1. The van der Waals surface area contributed by atoms with Crippen LogP contribution in [0.4, 0.5) is 0 Å². The first kappa shape index (κ1) is 12.9. The van der Waals surface area contributed by atoms with Crippen molar-refractivity contribution in [1.29, 1.82) is 0 Å². The third kappa shape index (κ3) is 2.46. The minimum absolute atomic E-state index is 0.0311. The summed E-state index contributed by atoms with van der Waals surface area (Å²) in [6.07, 6.45) is 4.01. The largest absolute Gasteiger partial charge is 0.294 e. The molecule has 102 valence electrons. The van der Waals surface area contributed by atoms with Crippen molar-refractivity contribution < 1.29 is 13.2 Å². The van der Waals surface area contributed by atoms with E-state index in [2.05, 4.69) is 0 Å². The van der Waals surface area contributed by atoms with Crippen LogP contribution >= 0.6 is 0 Å². The minimum atomic E-state index is -2.99. The minimum Gasteiger partial charge on any atom is -0.294 e. The Morgan fingerprint density at radius 2 is 1.84 bits per heavy atom. The maximum Gasteiger partial charge on any atom is 0.167 e. The highest BCUT2D eigenvalue weighted by Crippen LogP contribution is 2.39. The van der Waals surface area contributed by atoms with Gasteiger partial charge in [-0.2, -0.15) is 0 Å². The van der Waals surface area contributed by atoms with Gasteiger partial charge in [0.1, 0.15) is 0 Å². The Morgan fingerprint density at radius 3 is 2.42 bits per heavy atom. The fraction of sp³-hybridized carbons (Fsp3) is 0.533. The summed E-state index contributed by atoms with van der Waals surface area (Å²) in [5, 5.41) is 0. The predicted molar refractivity (Wildman–Crippen MR) is 74.1 cm³/mol. The van der Waals surface area contributed by atoms with Gasteiger partial charge in [0.2, 0.25) is 0 Å². The molecule has 1 aromatic carbocycles. The Hall–Kier alpha value is -1.16. The van der Waals surface area contributed by atoms with Crippen LogP contribution in [0.15, 0.2) is 24.3 Å². The molecule has 3 rings (SSSR count). The van der Waals surface area contributed by atoms with Crippen molar-refractivity contribution in [3.05, 3.63) is 35.4 Å². The van der Waals surface area contributed by atoms with Crippen LogP contribution in [0, 0.1) is 5.92 Å². The lowest BCUT2D eigenvalue weighted by atomic mass is 9.76. The van der Waals surface area contributed by atoms with Crippen molar-refractivity contribution in [2.75, 3.05) is 11.5 Å². The second kappa shape index (κ2) is 4.75. The maximum absolute atomic E-state index is 12.5. The van der Waals surface area contributed by atoms with Gasteiger partial charge in [-0.15, -0.1) is 0 Å². The van der Waals surface area contributed by atoms with E-state index in [0.717, 1.165) is 24.0 Å². The number of rotatable bonds is 3. The van der Waals surface area contributed by atoms with Gasteiger partial charge in [0, 0.05) is 11.5 Å². The summed E-state index contributed by atoms with van der Waals surface area (Å²) in [6, 6.07) is 7.73. The topological polar surface area (TPSA) is 51.2 Å². The zero-order valence-corrected chi connectivity index (χ0v) is 11.7. The number of hydrogen-bond donors (Lipinski definition) is 0. The van der Waals surface area contributed by atoms with Crippen LogP contribution < -0.4 is 0 Å². The van der Waals surface area contributed by atoms with Crippen LogP contribution in [-0.4, -0.2) is 25.7 Å². The number of Topliss-reactive ketones (excluding diaryl/α,β-unsaturated/α-hetero) is 1. The lowest BCUT2D eigenvalue weighted by Gasteiger charge is -2.28. The molecule has 0 amide bonds. The third-order valence-corrected chi connectivity index (χ3v) is 6.14.